The van der Waals surface area contributed by atoms with Crippen molar-refractivity contribution in [3.63, 3.8) is 0 Å². The summed E-state index contributed by atoms with van der Waals surface area (Å²) in [7, 11) is 0. The van der Waals surface area contributed by atoms with Gasteiger partial charge in [-0.1, -0.05) is 20.8 Å². The lowest BCUT2D eigenvalue weighted by Crippen LogP contribution is -2.60. The Labute approximate surface area is 105 Å². The Morgan fingerprint density at radius 2 is 1.82 bits per heavy atom. The van der Waals surface area contributed by atoms with Gasteiger partial charge in [0.05, 0.1) is 0 Å². The lowest BCUT2D eigenvalue weighted by Gasteiger charge is -2.54. The maximum absolute atomic E-state index is 12.0. The van der Waals surface area contributed by atoms with Crippen LogP contribution in [0.15, 0.2) is 0 Å². The average molecular weight is 238 g/mol. The van der Waals surface area contributed by atoms with Crippen molar-refractivity contribution in [3.05, 3.63) is 0 Å². The Morgan fingerprint density at radius 3 is 2.29 bits per heavy atom. The molecule has 2 heterocycles. The Hall–Kier alpha value is -0.570. The zero-order chi connectivity index (χ0) is 12.5. The molecule has 0 aliphatic carbocycles. The van der Waals surface area contributed by atoms with Gasteiger partial charge in [0.15, 0.2) is 0 Å². The Bertz CT molecular complexity index is 272. The number of hydrogen-bond acceptors (Lipinski definition) is 2. The molecule has 0 saturated carbocycles. The first kappa shape index (κ1) is 12.9. The van der Waals surface area contributed by atoms with Gasteiger partial charge in [0.2, 0.25) is 5.91 Å². The fourth-order valence-corrected chi connectivity index (χ4v) is 3.15. The van der Waals surface area contributed by atoms with E-state index in [4.69, 9.17) is 0 Å². The van der Waals surface area contributed by atoms with Crippen LogP contribution >= 0.6 is 0 Å². The summed E-state index contributed by atoms with van der Waals surface area (Å²) in [5.41, 5.74) is 0.560. The first-order chi connectivity index (χ1) is 8.04. The normalized spacial score (nSPS) is 24.1. The topological polar surface area (TPSA) is 23.6 Å². The molecule has 0 aromatic carbocycles. The summed E-state index contributed by atoms with van der Waals surface area (Å²) in [5, 5.41) is 0. The number of piperidine rings is 1. The minimum Gasteiger partial charge on any atom is -0.343 e. The van der Waals surface area contributed by atoms with Gasteiger partial charge in [0.1, 0.15) is 0 Å². The molecule has 2 rings (SSSR count). The van der Waals surface area contributed by atoms with Gasteiger partial charge in [-0.2, -0.15) is 0 Å². The van der Waals surface area contributed by atoms with Gasteiger partial charge in [0, 0.05) is 32.6 Å². The van der Waals surface area contributed by atoms with Gasteiger partial charge in [-0.15, -0.1) is 0 Å². The highest BCUT2D eigenvalue weighted by atomic mass is 16.2. The molecule has 98 valence electrons. The van der Waals surface area contributed by atoms with Crippen LogP contribution < -0.4 is 0 Å². The standard InChI is InChI=1S/C14H26N2O/c1-4-15-10-14(11-15)5-7-16(8-6-14)13(17)9-12(2)3/h12H,4-11H2,1-3H3. The van der Waals surface area contributed by atoms with Gasteiger partial charge >= 0.3 is 0 Å². The molecule has 17 heavy (non-hydrogen) atoms. The SMILES string of the molecule is CCN1CC2(CCN(C(=O)CC(C)C)CC2)C1. The number of rotatable bonds is 3. The van der Waals surface area contributed by atoms with Gasteiger partial charge in [-0.3, -0.25) is 4.79 Å². The molecule has 0 radical (unpaired) electrons. The zero-order valence-electron chi connectivity index (χ0n) is 11.5. The minimum atomic E-state index is 0.363. The average Bonchev–Trinajstić information content (AvgIpc) is 2.25. The van der Waals surface area contributed by atoms with Crippen molar-refractivity contribution in [3.8, 4) is 0 Å². The van der Waals surface area contributed by atoms with E-state index in [9.17, 15) is 4.79 Å². The third-order valence-electron chi connectivity index (χ3n) is 4.32. The molecule has 2 fully saturated rings. The molecule has 1 spiro atoms. The summed E-state index contributed by atoms with van der Waals surface area (Å²) in [4.78, 5) is 16.6. The summed E-state index contributed by atoms with van der Waals surface area (Å²) in [6.07, 6.45) is 3.15. The van der Waals surface area contributed by atoms with Gasteiger partial charge in [0.25, 0.3) is 0 Å². The first-order valence-corrected chi connectivity index (χ1v) is 7.05. The third kappa shape index (κ3) is 2.82. The molecular formula is C14H26N2O. The lowest BCUT2D eigenvalue weighted by molar-refractivity contribution is -0.137. The van der Waals surface area contributed by atoms with Gasteiger partial charge in [-0.25, -0.2) is 0 Å². The fraction of sp³-hybridized carbons (Fsp3) is 0.929. The van der Waals surface area contributed by atoms with Crippen molar-refractivity contribution >= 4 is 5.91 Å². The van der Waals surface area contributed by atoms with Crippen molar-refractivity contribution in [2.45, 2.75) is 40.0 Å². The van der Waals surface area contributed by atoms with Crippen LogP contribution in [0.5, 0.6) is 0 Å². The number of amides is 1. The number of carbonyl (C=O) groups excluding carboxylic acids is 1. The second kappa shape index (κ2) is 4.97. The number of nitrogens with zero attached hydrogens (tertiary/aromatic N) is 2. The van der Waals surface area contributed by atoms with Crippen LogP contribution in [0.3, 0.4) is 0 Å². The summed E-state index contributed by atoms with van der Waals surface area (Å²) in [6.45, 7) is 12.1. The summed E-state index contributed by atoms with van der Waals surface area (Å²) >= 11 is 0. The highest BCUT2D eigenvalue weighted by Gasteiger charge is 2.44. The Balaban J connectivity index is 1.77. The van der Waals surface area contributed by atoms with Crippen molar-refractivity contribution in [1.82, 2.24) is 9.80 Å². The van der Waals surface area contributed by atoms with E-state index in [2.05, 4.69) is 30.6 Å². The highest BCUT2D eigenvalue weighted by molar-refractivity contribution is 5.76. The van der Waals surface area contributed by atoms with Gasteiger partial charge in [-0.05, 0) is 30.7 Å². The Morgan fingerprint density at radius 1 is 1.24 bits per heavy atom. The van der Waals surface area contributed by atoms with Crippen molar-refractivity contribution in [2.75, 3.05) is 32.7 Å². The second-order valence-electron chi connectivity index (χ2n) is 6.28. The second-order valence-corrected chi connectivity index (χ2v) is 6.28. The van der Waals surface area contributed by atoms with Gasteiger partial charge < -0.3 is 9.80 Å². The van der Waals surface area contributed by atoms with E-state index in [1.165, 1.54) is 32.5 Å². The maximum Gasteiger partial charge on any atom is 0.222 e. The maximum atomic E-state index is 12.0. The molecule has 2 saturated heterocycles. The smallest absolute Gasteiger partial charge is 0.222 e. The van der Waals surface area contributed by atoms with E-state index in [1.807, 2.05) is 0 Å². The van der Waals surface area contributed by atoms with Crippen LogP contribution in [0.1, 0.15) is 40.0 Å². The molecule has 0 atom stereocenters. The first-order valence-electron chi connectivity index (χ1n) is 7.05. The predicted molar refractivity (Wildman–Crippen MR) is 69.8 cm³/mol. The van der Waals surface area contributed by atoms with E-state index in [0.717, 1.165) is 13.1 Å². The summed E-state index contributed by atoms with van der Waals surface area (Å²) < 4.78 is 0. The number of likely N-dealkylation sites (tertiary alicyclic amines) is 2. The molecule has 0 aromatic rings. The van der Waals surface area contributed by atoms with Crippen molar-refractivity contribution in [1.29, 1.82) is 0 Å². The van der Waals surface area contributed by atoms with Crippen LogP contribution in [0.2, 0.25) is 0 Å². The predicted octanol–water partition coefficient (Wildman–Crippen LogP) is 1.98. The van der Waals surface area contributed by atoms with E-state index in [1.54, 1.807) is 0 Å². The fourth-order valence-electron chi connectivity index (χ4n) is 3.15. The Kier molecular flexibility index (Phi) is 3.76. The summed E-state index contributed by atoms with van der Waals surface area (Å²) in [6, 6.07) is 0. The number of hydrogen-bond donors (Lipinski definition) is 0. The van der Waals surface area contributed by atoms with Crippen LogP contribution in [0, 0.1) is 11.3 Å². The van der Waals surface area contributed by atoms with Crippen LogP contribution in [-0.2, 0) is 4.79 Å². The lowest BCUT2D eigenvalue weighted by atomic mass is 9.72. The molecule has 0 aromatic heterocycles. The molecule has 0 unspecified atom stereocenters. The molecule has 3 heteroatoms. The molecule has 2 aliphatic rings. The molecule has 3 nitrogen and oxygen atoms in total. The van der Waals surface area contributed by atoms with Crippen LogP contribution in [-0.4, -0.2) is 48.4 Å². The van der Waals surface area contributed by atoms with E-state index in [-0.39, 0.29) is 0 Å². The summed E-state index contributed by atoms with van der Waals surface area (Å²) in [5.74, 6) is 0.846. The van der Waals surface area contributed by atoms with E-state index >= 15 is 0 Å². The van der Waals surface area contributed by atoms with E-state index in [0.29, 0.717) is 23.7 Å². The molecule has 2 aliphatic heterocycles. The van der Waals surface area contributed by atoms with Crippen LogP contribution in [0.4, 0.5) is 0 Å². The van der Waals surface area contributed by atoms with E-state index < -0.39 is 0 Å². The van der Waals surface area contributed by atoms with Crippen LogP contribution in [0.25, 0.3) is 0 Å². The zero-order valence-corrected chi connectivity index (χ0v) is 11.5. The molecular weight excluding hydrogens is 212 g/mol. The van der Waals surface area contributed by atoms with Crippen molar-refractivity contribution < 1.29 is 4.79 Å². The number of carbonyl (C=O) groups is 1. The quantitative estimate of drug-likeness (QED) is 0.750. The molecule has 0 N–H and O–H groups in total. The monoisotopic (exact) mass is 238 g/mol. The molecule has 0 bridgehead atoms. The third-order valence-corrected chi connectivity index (χ3v) is 4.32. The largest absolute Gasteiger partial charge is 0.343 e. The van der Waals surface area contributed by atoms with Crippen molar-refractivity contribution in [2.24, 2.45) is 11.3 Å². The minimum absolute atomic E-state index is 0.363. The molecule has 1 amide bonds. The highest BCUT2D eigenvalue weighted by Crippen LogP contribution is 2.40.